The number of phenols is 1. The normalized spacial score (nSPS) is 17.2. The molecule has 0 amide bonds. The van der Waals surface area contributed by atoms with Gasteiger partial charge in [-0.1, -0.05) is 13.8 Å². The van der Waals surface area contributed by atoms with Crippen LogP contribution in [0.3, 0.4) is 0 Å². The van der Waals surface area contributed by atoms with Gasteiger partial charge in [-0.3, -0.25) is 9.80 Å². The van der Waals surface area contributed by atoms with Gasteiger partial charge in [0, 0.05) is 76.2 Å². The van der Waals surface area contributed by atoms with E-state index in [0.717, 1.165) is 89.5 Å². The fraction of sp³-hybridized carbons (Fsp3) is 0.586. The van der Waals surface area contributed by atoms with Gasteiger partial charge in [-0.2, -0.15) is 0 Å². The number of hydrogen-bond acceptors (Lipinski definition) is 10. The number of ether oxygens (including phenoxy) is 1. The van der Waals surface area contributed by atoms with Gasteiger partial charge in [0.1, 0.15) is 21.3 Å². The van der Waals surface area contributed by atoms with E-state index in [1.807, 2.05) is 6.07 Å². The highest BCUT2D eigenvalue weighted by molar-refractivity contribution is 7.91. The number of sulfone groups is 2. The molecule has 12 heteroatoms. The van der Waals surface area contributed by atoms with Gasteiger partial charge in [0.2, 0.25) is 0 Å². The van der Waals surface area contributed by atoms with Gasteiger partial charge in [0.25, 0.3) is 0 Å². The molecule has 2 aliphatic rings. The van der Waals surface area contributed by atoms with Gasteiger partial charge in [0.15, 0.2) is 19.7 Å². The maximum absolute atomic E-state index is 11.9. The second kappa shape index (κ2) is 14.6. The second-order valence-corrected chi connectivity index (χ2v) is 14.7. The van der Waals surface area contributed by atoms with E-state index >= 15 is 0 Å². The Bertz CT molecular complexity index is 1350. The van der Waals surface area contributed by atoms with E-state index in [4.69, 9.17) is 4.74 Å². The first-order chi connectivity index (χ1) is 19.4. The summed E-state index contributed by atoms with van der Waals surface area (Å²) in [4.78, 5) is 9.52. The van der Waals surface area contributed by atoms with Crippen LogP contribution >= 0.6 is 0 Å². The molecule has 2 saturated heterocycles. The van der Waals surface area contributed by atoms with Gasteiger partial charge < -0.3 is 19.6 Å². The molecule has 0 spiro atoms. The van der Waals surface area contributed by atoms with Crippen LogP contribution in [0.15, 0.2) is 46.2 Å². The maximum Gasteiger partial charge on any atom is 0.179 e. The van der Waals surface area contributed by atoms with Crippen LogP contribution in [0.5, 0.6) is 11.5 Å². The van der Waals surface area contributed by atoms with Crippen LogP contribution < -0.4 is 14.5 Å². The molecule has 0 bridgehead atoms. The number of benzene rings is 2. The summed E-state index contributed by atoms with van der Waals surface area (Å²) < 4.78 is 52.2. The standard InChI is InChI=1S/C15H24N2O3S.C14H22N2O3S/c1-4-7-16-8-10-17(11-9-16)13-5-6-14(20-2)15(12-13)21(3,18)19;1-3-6-15-7-9-16(10-8-15)12-4-5-13(17)14(11-12)20(2,18)19/h5-6,12H,4,7-11H2,1-3H3;4-5,11,17H,3,6-10H2,1-2H3. The summed E-state index contributed by atoms with van der Waals surface area (Å²) in [6, 6.07) is 10.2. The van der Waals surface area contributed by atoms with Crippen molar-refractivity contribution in [1.29, 1.82) is 0 Å². The highest BCUT2D eigenvalue weighted by Crippen LogP contribution is 2.30. The molecule has 0 unspecified atom stereocenters. The molecule has 2 heterocycles. The Morgan fingerprint density at radius 1 is 0.683 bits per heavy atom. The molecule has 230 valence electrons. The lowest BCUT2D eigenvalue weighted by Gasteiger charge is -2.36. The van der Waals surface area contributed by atoms with Crippen LogP contribution in [-0.2, 0) is 19.7 Å². The SMILES string of the molecule is CCCN1CCN(c2ccc(O)c(S(C)(=O)=O)c2)CC1.CCCN1CCN(c2ccc(OC)c(S(C)(=O)=O)c2)CC1. The molecule has 0 radical (unpaired) electrons. The Morgan fingerprint density at radius 3 is 1.49 bits per heavy atom. The van der Waals surface area contributed by atoms with Crippen LogP contribution in [0.4, 0.5) is 11.4 Å². The Balaban J connectivity index is 0.000000226. The Labute approximate surface area is 246 Å². The zero-order valence-corrected chi connectivity index (χ0v) is 26.7. The highest BCUT2D eigenvalue weighted by Gasteiger charge is 2.21. The summed E-state index contributed by atoms with van der Waals surface area (Å²) >= 11 is 0. The van der Waals surface area contributed by atoms with Gasteiger partial charge in [-0.15, -0.1) is 0 Å². The third-order valence-corrected chi connectivity index (χ3v) is 9.69. The first kappa shape index (κ1) is 33.0. The number of phenolic OH excluding ortho intramolecular Hbond substituents is 1. The number of rotatable bonds is 9. The van der Waals surface area contributed by atoms with Gasteiger partial charge >= 0.3 is 0 Å². The van der Waals surface area contributed by atoms with Crippen LogP contribution in [0.2, 0.25) is 0 Å². The fourth-order valence-electron chi connectivity index (χ4n) is 5.24. The Hall–Kier alpha value is -2.54. The van der Waals surface area contributed by atoms with Crippen molar-refractivity contribution >= 4 is 31.0 Å². The number of nitrogens with zero attached hydrogens (tertiary/aromatic N) is 4. The Kier molecular flexibility index (Phi) is 11.7. The molecule has 2 fully saturated rings. The van der Waals surface area contributed by atoms with Crippen molar-refractivity contribution in [1.82, 2.24) is 9.80 Å². The predicted molar refractivity (Wildman–Crippen MR) is 165 cm³/mol. The summed E-state index contributed by atoms with van der Waals surface area (Å²) in [7, 11) is -5.20. The third kappa shape index (κ3) is 9.22. The summed E-state index contributed by atoms with van der Waals surface area (Å²) in [6.07, 6.45) is 4.65. The summed E-state index contributed by atoms with van der Waals surface area (Å²) in [5, 5.41) is 9.68. The van der Waals surface area contributed by atoms with Crippen molar-refractivity contribution < 1.29 is 26.7 Å². The highest BCUT2D eigenvalue weighted by atomic mass is 32.2. The molecule has 41 heavy (non-hydrogen) atoms. The van der Waals surface area contributed by atoms with Crippen LogP contribution in [-0.4, -0.2) is 117 Å². The lowest BCUT2D eigenvalue weighted by molar-refractivity contribution is 0.258. The number of aromatic hydroxyl groups is 1. The topological polar surface area (TPSA) is 111 Å². The second-order valence-electron chi connectivity index (χ2n) is 10.7. The lowest BCUT2D eigenvalue weighted by atomic mass is 10.2. The van der Waals surface area contributed by atoms with Crippen molar-refractivity contribution in [2.24, 2.45) is 0 Å². The molecule has 2 aromatic rings. The van der Waals surface area contributed by atoms with E-state index in [-0.39, 0.29) is 15.5 Å². The largest absolute Gasteiger partial charge is 0.507 e. The van der Waals surface area contributed by atoms with Crippen molar-refractivity contribution in [2.75, 3.05) is 94.9 Å². The minimum Gasteiger partial charge on any atom is -0.507 e. The molecular weight excluding hydrogens is 564 g/mol. The average molecular weight is 611 g/mol. The molecule has 0 saturated carbocycles. The predicted octanol–water partition coefficient (Wildman–Crippen LogP) is 2.96. The minimum atomic E-state index is -3.40. The van der Waals surface area contributed by atoms with E-state index in [1.165, 1.54) is 25.9 Å². The van der Waals surface area contributed by atoms with E-state index in [0.29, 0.717) is 5.75 Å². The van der Waals surface area contributed by atoms with Gasteiger partial charge in [-0.05, 0) is 62.3 Å². The lowest BCUT2D eigenvalue weighted by Crippen LogP contribution is -2.46. The number of anilines is 2. The first-order valence-corrected chi connectivity index (χ1v) is 18.0. The van der Waals surface area contributed by atoms with Gasteiger partial charge in [0.05, 0.1) is 7.11 Å². The van der Waals surface area contributed by atoms with Crippen molar-refractivity contribution in [2.45, 2.75) is 36.5 Å². The molecule has 2 aliphatic heterocycles. The first-order valence-electron chi connectivity index (χ1n) is 14.2. The number of piperazine rings is 2. The third-order valence-electron chi connectivity index (χ3n) is 7.44. The fourth-order valence-corrected chi connectivity index (χ4v) is 6.87. The Morgan fingerprint density at radius 2 is 1.10 bits per heavy atom. The molecule has 0 aliphatic carbocycles. The van der Waals surface area contributed by atoms with Crippen LogP contribution in [0.1, 0.15) is 26.7 Å². The smallest absolute Gasteiger partial charge is 0.179 e. The minimum absolute atomic E-state index is 0.00554. The molecule has 2 aromatic carbocycles. The van der Waals surface area contributed by atoms with Gasteiger partial charge in [-0.25, -0.2) is 16.8 Å². The van der Waals surface area contributed by atoms with Crippen molar-refractivity contribution in [3.63, 3.8) is 0 Å². The molecular formula is C29H46N4O6S2. The summed E-state index contributed by atoms with van der Waals surface area (Å²) in [5.74, 6) is 0.228. The molecule has 0 aromatic heterocycles. The molecule has 1 N–H and O–H groups in total. The van der Waals surface area contributed by atoms with Crippen molar-refractivity contribution in [3.05, 3.63) is 36.4 Å². The van der Waals surface area contributed by atoms with Crippen LogP contribution in [0.25, 0.3) is 0 Å². The molecule has 0 atom stereocenters. The monoisotopic (exact) mass is 610 g/mol. The zero-order chi connectivity index (χ0) is 30.2. The number of hydrogen-bond donors (Lipinski definition) is 1. The maximum atomic E-state index is 11.9. The molecule has 4 rings (SSSR count). The van der Waals surface area contributed by atoms with E-state index in [2.05, 4.69) is 33.4 Å². The van der Waals surface area contributed by atoms with E-state index in [1.54, 1.807) is 24.3 Å². The summed E-state index contributed by atoms with van der Waals surface area (Å²) in [6.45, 7) is 14.2. The van der Waals surface area contributed by atoms with E-state index < -0.39 is 19.7 Å². The van der Waals surface area contributed by atoms with E-state index in [9.17, 15) is 21.9 Å². The van der Waals surface area contributed by atoms with Crippen LogP contribution in [0, 0.1) is 0 Å². The quantitative estimate of drug-likeness (QED) is 0.455. The molecule has 10 nitrogen and oxygen atoms in total. The average Bonchev–Trinajstić information content (AvgIpc) is 2.93. The summed E-state index contributed by atoms with van der Waals surface area (Å²) in [5.41, 5.74) is 1.81. The van der Waals surface area contributed by atoms with Crippen molar-refractivity contribution in [3.8, 4) is 11.5 Å². The number of methoxy groups -OCH3 is 1. The zero-order valence-electron chi connectivity index (χ0n) is 25.0.